The van der Waals surface area contributed by atoms with Crippen molar-refractivity contribution in [2.75, 3.05) is 18.5 Å². The van der Waals surface area contributed by atoms with Gasteiger partial charge in [0, 0.05) is 18.8 Å². The summed E-state index contributed by atoms with van der Waals surface area (Å²) in [5, 5.41) is 11.7. The minimum atomic E-state index is -0.276. The van der Waals surface area contributed by atoms with E-state index < -0.39 is 0 Å². The zero-order valence-electron chi connectivity index (χ0n) is 7.98. The number of anilines is 1. The Morgan fingerprint density at radius 1 is 1.50 bits per heavy atom. The normalized spacial score (nSPS) is 10.3. The van der Waals surface area contributed by atoms with E-state index in [1.54, 1.807) is 6.07 Å². The van der Waals surface area contributed by atoms with Crippen LogP contribution in [0.2, 0.25) is 0 Å². The molecular weight excluding hydrogens is 249 g/mol. The minimum Gasteiger partial charge on any atom is -0.396 e. The largest absolute Gasteiger partial charge is 0.396 e. The maximum absolute atomic E-state index is 13.1. The summed E-state index contributed by atoms with van der Waals surface area (Å²) < 4.78 is 13.6. The number of aliphatic hydroxyl groups is 1. The van der Waals surface area contributed by atoms with Gasteiger partial charge in [-0.15, -0.1) is 0 Å². The van der Waals surface area contributed by atoms with Crippen LogP contribution in [-0.4, -0.2) is 18.3 Å². The summed E-state index contributed by atoms with van der Waals surface area (Å²) in [6.07, 6.45) is 0.664. The van der Waals surface area contributed by atoms with E-state index in [4.69, 9.17) is 5.11 Å². The van der Waals surface area contributed by atoms with Crippen LogP contribution in [0.15, 0.2) is 16.6 Å². The SMILES string of the molecule is Cc1cc(Br)c(F)cc1NCCCO. The molecule has 0 radical (unpaired) electrons. The third kappa shape index (κ3) is 2.96. The zero-order chi connectivity index (χ0) is 10.6. The Hall–Kier alpha value is -0.610. The smallest absolute Gasteiger partial charge is 0.139 e. The highest BCUT2D eigenvalue weighted by atomic mass is 79.9. The lowest BCUT2D eigenvalue weighted by atomic mass is 10.2. The summed E-state index contributed by atoms with van der Waals surface area (Å²) in [4.78, 5) is 0. The van der Waals surface area contributed by atoms with Crippen molar-refractivity contribution in [3.05, 3.63) is 28.0 Å². The van der Waals surface area contributed by atoms with Crippen molar-refractivity contribution in [1.82, 2.24) is 0 Å². The minimum absolute atomic E-state index is 0.144. The lowest BCUT2D eigenvalue weighted by Crippen LogP contribution is -2.05. The van der Waals surface area contributed by atoms with Gasteiger partial charge in [-0.05, 0) is 47.0 Å². The quantitative estimate of drug-likeness (QED) is 0.818. The molecule has 0 aliphatic rings. The fraction of sp³-hybridized carbons (Fsp3) is 0.400. The third-order valence-electron chi connectivity index (χ3n) is 1.92. The van der Waals surface area contributed by atoms with E-state index >= 15 is 0 Å². The number of benzene rings is 1. The van der Waals surface area contributed by atoms with E-state index in [1.165, 1.54) is 6.07 Å². The first-order valence-electron chi connectivity index (χ1n) is 4.45. The topological polar surface area (TPSA) is 32.3 Å². The predicted octanol–water partition coefficient (Wildman–Crippen LogP) is 2.69. The van der Waals surface area contributed by atoms with Crippen LogP contribution in [0.3, 0.4) is 0 Å². The van der Waals surface area contributed by atoms with Gasteiger partial charge in [0.25, 0.3) is 0 Å². The van der Waals surface area contributed by atoms with Crippen molar-refractivity contribution in [2.45, 2.75) is 13.3 Å². The Morgan fingerprint density at radius 3 is 2.86 bits per heavy atom. The molecule has 1 aromatic rings. The second kappa shape index (κ2) is 5.32. The Kier molecular flexibility index (Phi) is 4.35. The maximum Gasteiger partial charge on any atom is 0.139 e. The molecule has 0 saturated heterocycles. The van der Waals surface area contributed by atoms with Crippen LogP contribution in [0, 0.1) is 12.7 Å². The first kappa shape index (κ1) is 11.5. The maximum atomic E-state index is 13.1. The lowest BCUT2D eigenvalue weighted by molar-refractivity contribution is 0.292. The molecule has 1 rings (SSSR count). The van der Waals surface area contributed by atoms with Gasteiger partial charge in [0.05, 0.1) is 4.47 Å². The summed E-state index contributed by atoms with van der Waals surface area (Å²) in [5.74, 6) is -0.276. The summed E-state index contributed by atoms with van der Waals surface area (Å²) in [6, 6.07) is 3.19. The number of hydrogen-bond acceptors (Lipinski definition) is 2. The molecular formula is C10H13BrFNO. The molecule has 0 unspecified atom stereocenters. The first-order valence-corrected chi connectivity index (χ1v) is 5.25. The van der Waals surface area contributed by atoms with Crippen LogP contribution in [-0.2, 0) is 0 Å². The van der Waals surface area contributed by atoms with Gasteiger partial charge < -0.3 is 10.4 Å². The van der Waals surface area contributed by atoms with E-state index in [1.807, 2.05) is 6.92 Å². The highest BCUT2D eigenvalue weighted by Gasteiger charge is 2.04. The number of halogens is 2. The van der Waals surface area contributed by atoms with Gasteiger partial charge in [0.1, 0.15) is 5.82 Å². The average molecular weight is 262 g/mol. The standard InChI is InChI=1S/C10H13BrFNO/c1-7-5-8(11)9(12)6-10(7)13-3-2-4-14/h5-6,13-14H,2-4H2,1H3. The van der Waals surface area contributed by atoms with Crippen molar-refractivity contribution in [3.63, 3.8) is 0 Å². The highest BCUT2D eigenvalue weighted by Crippen LogP contribution is 2.23. The fourth-order valence-corrected chi connectivity index (χ4v) is 1.60. The van der Waals surface area contributed by atoms with Crippen molar-refractivity contribution in [3.8, 4) is 0 Å². The van der Waals surface area contributed by atoms with Crippen LogP contribution < -0.4 is 5.32 Å². The summed E-state index contributed by atoms with van der Waals surface area (Å²) >= 11 is 3.12. The molecule has 0 aliphatic heterocycles. The molecule has 0 heterocycles. The Labute approximate surface area is 91.3 Å². The fourth-order valence-electron chi connectivity index (χ4n) is 1.14. The monoisotopic (exact) mass is 261 g/mol. The second-order valence-electron chi connectivity index (χ2n) is 3.09. The average Bonchev–Trinajstić information content (AvgIpc) is 2.14. The van der Waals surface area contributed by atoms with E-state index in [2.05, 4.69) is 21.2 Å². The van der Waals surface area contributed by atoms with Crippen molar-refractivity contribution < 1.29 is 9.50 Å². The number of aliphatic hydroxyl groups excluding tert-OH is 1. The van der Waals surface area contributed by atoms with Crippen LogP contribution >= 0.6 is 15.9 Å². The van der Waals surface area contributed by atoms with E-state index in [0.29, 0.717) is 17.4 Å². The van der Waals surface area contributed by atoms with E-state index in [9.17, 15) is 4.39 Å². The summed E-state index contributed by atoms with van der Waals surface area (Å²) in [5.41, 5.74) is 1.76. The van der Waals surface area contributed by atoms with Gasteiger partial charge in [-0.25, -0.2) is 4.39 Å². The Balaban J connectivity index is 2.72. The van der Waals surface area contributed by atoms with E-state index in [-0.39, 0.29) is 12.4 Å². The highest BCUT2D eigenvalue weighted by molar-refractivity contribution is 9.10. The van der Waals surface area contributed by atoms with E-state index in [0.717, 1.165) is 11.3 Å². The summed E-state index contributed by atoms with van der Waals surface area (Å²) in [7, 11) is 0. The second-order valence-corrected chi connectivity index (χ2v) is 3.94. The molecule has 0 saturated carbocycles. The number of nitrogens with one attached hydrogen (secondary N) is 1. The van der Waals surface area contributed by atoms with Crippen LogP contribution in [0.25, 0.3) is 0 Å². The molecule has 0 spiro atoms. The van der Waals surface area contributed by atoms with Gasteiger partial charge in [-0.1, -0.05) is 0 Å². The Bertz CT molecular complexity index is 317. The Morgan fingerprint density at radius 2 is 2.21 bits per heavy atom. The molecule has 0 atom stereocenters. The van der Waals surface area contributed by atoms with Crippen molar-refractivity contribution >= 4 is 21.6 Å². The molecule has 2 nitrogen and oxygen atoms in total. The van der Waals surface area contributed by atoms with Gasteiger partial charge in [0.15, 0.2) is 0 Å². The van der Waals surface area contributed by atoms with Crippen LogP contribution in [0.1, 0.15) is 12.0 Å². The van der Waals surface area contributed by atoms with Gasteiger partial charge in [-0.3, -0.25) is 0 Å². The molecule has 0 aromatic heterocycles. The van der Waals surface area contributed by atoms with Gasteiger partial charge in [0.2, 0.25) is 0 Å². The first-order chi connectivity index (χ1) is 6.65. The molecule has 4 heteroatoms. The molecule has 0 bridgehead atoms. The molecule has 14 heavy (non-hydrogen) atoms. The number of rotatable bonds is 4. The van der Waals surface area contributed by atoms with Gasteiger partial charge in [-0.2, -0.15) is 0 Å². The lowest BCUT2D eigenvalue weighted by Gasteiger charge is -2.09. The molecule has 0 fully saturated rings. The molecule has 78 valence electrons. The van der Waals surface area contributed by atoms with Crippen LogP contribution in [0.5, 0.6) is 0 Å². The van der Waals surface area contributed by atoms with Gasteiger partial charge >= 0.3 is 0 Å². The summed E-state index contributed by atoms with van der Waals surface area (Å²) in [6.45, 7) is 2.70. The molecule has 0 aliphatic carbocycles. The van der Waals surface area contributed by atoms with Crippen LogP contribution in [0.4, 0.5) is 10.1 Å². The zero-order valence-corrected chi connectivity index (χ0v) is 9.57. The predicted molar refractivity (Wildman–Crippen MR) is 59.0 cm³/mol. The molecule has 0 amide bonds. The number of aryl methyl sites for hydroxylation is 1. The third-order valence-corrected chi connectivity index (χ3v) is 2.53. The number of hydrogen-bond donors (Lipinski definition) is 2. The molecule has 2 N–H and O–H groups in total. The van der Waals surface area contributed by atoms with Crippen molar-refractivity contribution in [2.24, 2.45) is 0 Å². The van der Waals surface area contributed by atoms with Crippen molar-refractivity contribution in [1.29, 1.82) is 0 Å². The molecule has 1 aromatic carbocycles.